The van der Waals surface area contributed by atoms with Gasteiger partial charge in [0.15, 0.2) is 5.60 Å². The van der Waals surface area contributed by atoms with Gasteiger partial charge in [-0.05, 0) is 50.2 Å². The second-order valence-electron chi connectivity index (χ2n) is 5.01. The summed E-state index contributed by atoms with van der Waals surface area (Å²) < 4.78 is 5.53. The molecule has 0 aromatic heterocycles. The average Bonchev–Trinajstić information content (AvgIpc) is 2.47. The Bertz CT molecular complexity index is 634. The van der Waals surface area contributed by atoms with Crippen LogP contribution < -0.4 is 10.5 Å². The van der Waals surface area contributed by atoms with Crippen molar-refractivity contribution in [3.63, 3.8) is 0 Å². The molecule has 0 spiro atoms. The molecule has 108 valence electrons. The minimum absolute atomic E-state index is 0.518. The molecule has 5 nitrogen and oxygen atoms in total. The molecule has 2 aromatic rings. The Balaban J connectivity index is 2.06. The number of primary amides is 1. The van der Waals surface area contributed by atoms with Gasteiger partial charge in [-0.1, -0.05) is 18.2 Å². The number of ether oxygens (including phenoxy) is 1. The number of carbonyl (C=O) groups is 1. The molecule has 0 atom stereocenters. The number of rotatable bonds is 5. The molecule has 0 fully saturated rings. The highest BCUT2D eigenvalue weighted by molar-refractivity contribution is 5.82. The molecule has 0 saturated carbocycles. The zero-order chi connectivity index (χ0) is 15.3. The van der Waals surface area contributed by atoms with Gasteiger partial charge in [-0.3, -0.25) is 4.79 Å². The van der Waals surface area contributed by atoms with Crippen LogP contribution in [0.25, 0.3) is 0 Å². The number of azo groups is 1. The van der Waals surface area contributed by atoms with E-state index in [1.165, 1.54) is 0 Å². The zero-order valence-electron chi connectivity index (χ0n) is 12.0. The SMILES string of the molecule is CC(C)(Oc1ccc(/N=N/c2ccccc2)cc1)C(N)=O. The monoisotopic (exact) mass is 283 g/mol. The summed E-state index contributed by atoms with van der Waals surface area (Å²) >= 11 is 0. The Morgan fingerprint density at radius 2 is 1.48 bits per heavy atom. The Kier molecular flexibility index (Phi) is 4.33. The molecule has 0 unspecified atom stereocenters. The van der Waals surface area contributed by atoms with Crippen LogP contribution in [0.4, 0.5) is 11.4 Å². The van der Waals surface area contributed by atoms with Crippen molar-refractivity contribution in [3.8, 4) is 5.75 Å². The molecular formula is C16H17N3O2. The maximum absolute atomic E-state index is 11.2. The van der Waals surface area contributed by atoms with Crippen LogP contribution in [-0.4, -0.2) is 11.5 Å². The smallest absolute Gasteiger partial charge is 0.261 e. The fraction of sp³-hybridized carbons (Fsp3) is 0.188. The van der Waals surface area contributed by atoms with Gasteiger partial charge < -0.3 is 10.5 Å². The number of carbonyl (C=O) groups excluding carboxylic acids is 1. The fourth-order valence-electron chi connectivity index (χ4n) is 1.54. The van der Waals surface area contributed by atoms with Gasteiger partial charge in [-0.15, -0.1) is 0 Å². The van der Waals surface area contributed by atoms with Crippen LogP contribution in [0.2, 0.25) is 0 Å². The lowest BCUT2D eigenvalue weighted by Gasteiger charge is -2.22. The number of hydrogen-bond acceptors (Lipinski definition) is 4. The lowest BCUT2D eigenvalue weighted by Crippen LogP contribution is -2.43. The van der Waals surface area contributed by atoms with Crippen molar-refractivity contribution in [2.75, 3.05) is 0 Å². The Hall–Kier alpha value is -2.69. The number of benzene rings is 2. The van der Waals surface area contributed by atoms with E-state index in [0.717, 1.165) is 5.69 Å². The molecule has 2 rings (SSSR count). The van der Waals surface area contributed by atoms with E-state index in [9.17, 15) is 4.79 Å². The van der Waals surface area contributed by atoms with Gasteiger partial charge in [0.05, 0.1) is 11.4 Å². The first-order chi connectivity index (χ1) is 9.97. The number of nitrogens with zero attached hydrogens (tertiary/aromatic N) is 2. The summed E-state index contributed by atoms with van der Waals surface area (Å²) in [4.78, 5) is 11.2. The number of hydrogen-bond donors (Lipinski definition) is 1. The Morgan fingerprint density at radius 1 is 0.952 bits per heavy atom. The predicted octanol–water partition coefficient (Wildman–Crippen LogP) is 3.74. The van der Waals surface area contributed by atoms with Crippen LogP contribution in [0.5, 0.6) is 5.75 Å². The summed E-state index contributed by atoms with van der Waals surface area (Å²) in [6, 6.07) is 16.4. The number of amides is 1. The largest absolute Gasteiger partial charge is 0.478 e. The molecule has 2 aromatic carbocycles. The summed E-state index contributed by atoms with van der Waals surface area (Å²) in [6.45, 7) is 3.25. The molecule has 1 amide bonds. The minimum atomic E-state index is -1.05. The first kappa shape index (κ1) is 14.7. The van der Waals surface area contributed by atoms with E-state index in [1.807, 2.05) is 30.3 Å². The van der Waals surface area contributed by atoms with E-state index >= 15 is 0 Å². The van der Waals surface area contributed by atoms with Crippen LogP contribution in [0.15, 0.2) is 64.8 Å². The minimum Gasteiger partial charge on any atom is -0.478 e. The number of nitrogens with two attached hydrogens (primary N) is 1. The van der Waals surface area contributed by atoms with Crippen molar-refractivity contribution in [3.05, 3.63) is 54.6 Å². The third kappa shape index (κ3) is 4.14. The topological polar surface area (TPSA) is 77.0 Å². The van der Waals surface area contributed by atoms with Crippen molar-refractivity contribution in [1.82, 2.24) is 0 Å². The Labute approximate surface area is 123 Å². The van der Waals surface area contributed by atoms with Gasteiger partial charge in [0, 0.05) is 0 Å². The first-order valence-electron chi connectivity index (χ1n) is 6.53. The first-order valence-corrected chi connectivity index (χ1v) is 6.53. The van der Waals surface area contributed by atoms with Gasteiger partial charge in [0.1, 0.15) is 5.75 Å². The van der Waals surface area contributed by atoms with E-state index in [4.69, 9.17) is 10.5 Å². The lowest BCUT2D eigenvalue weighted by molar-refractivity contribution is -0.130. The highest BCUT2D eigenvalue weighted by Crippen LogP contribution is 2.23. The van der Waals surface area contributed by atoms with Crippen LogP contribution >= 0.6 is 0 Å². The van der Waals surface area contributed by atoms with Gasteiger partial charge in [0.25, 0.3) is 5.91 Å². The van der Waals surface area contributed by atoms with Crippen molar-refractivity contribution in [2.24, 2.45) is 16.0 Å². The molecule has 0 saturated heterocycles. The van der Waals surface area contributed by atoms with Crippen molar-refractivity contribution >= 4 is 17.3 Å². The van der Waals surface area contributed by atoms with E-state index in [2.05, 4.69) is 10.2 Å². The highest BCUT2D eigenvalue weighted by Gasteiger charge is 2.26. The molecular weight excluding hydrogens is 266 g/mol. The fourth-order valence-corrected chi connectivity index (χ4v) is 1.54. The molecule has 0 aliphatic carbocycles. The Morgan fingerprint density at radius 3 is 2.00 bits per heavy atom. The summed E-state index contributed by atoms with van der Waals surface area (Å²) in [7, 11) is 0. The van der Waals surface area contributed by atoms with Gasteiger partial charge in [-0.25, -0.2) is 0 Å². The van der Waals surface area contributed by atoms with E-state index < -0.39 is 11.5 Å². The third-order valence-electron chi connectivity index (χ3n) is 2.84. The van der Waals surface area contributed by atoms with Gasteiger partial charge >= 0.3 is 0 Å². The predicted molar refractivity (Wildman–Crippen MR) is 81.0 cm³/mol. The van der Waals surface area contributed by atoms with Crippen LogP contribution in [0.3, 0.4) is 0 Å². The molecule has 5 heteroatoms. The van der Waals surface area contributed by atoms with Gasteiger partial charge in [-0.2, -0.15) is 10.2 Å². The summed E-state index contributed by atoms with van der Waals surface area (Å²) in [5, 5.41) is 8.25. The standard InChI is InChI=1S/C16H17N3O2/c1-16(2,15(17)20)21-14-10-8-13(9-11-14)19-18-12-6-4-3-5-7-12/h3-11H,1-2H3,(H2,17,20)/b19-18+. The normalized spacial score (nSPS) is 11.5. The highest BCUT2D eigenvalue weighted by atomic mass is 16.5. The molecule has 0 bridgehead atoms. The molecule has 21 heavy (non-hydrogen) atoms. The molecule has 0 radical (unpaired) electrons. The summed E-state index contributed by atoms with van der Waals surface area (Å²) in [5.41, 5.74) is 5.70. The van der Waals surface area contributed by atoms with Crippen molar-refractivity contribution in [2.45, 2.75) is 19.4 Å². The van der Waals surface area contributed by atoms with Crippen LogP contribution in [0.1, 0.15) is 13.8 Å². The molecule has 0 aliphatic rings. The maximum Gasteiger partial charge on any atom is 0.261 e. The average molecular weight is 283 g/mol. The van der Waals surface area contributed by atoms with Crippen LogP contribution in [0, 0.1) is 0 Å². The van der Waals surface area contributed by atoms with E-state index in [-0.39, 0.29) is 0 Å². The van der Waals surface area contributed by atoms with E-state index in [1.54, 1.807) is 38.1 Å². The third-order valence-corrected chi connectivity index (χ3v) is 2.84. The van der Waals surface area contributed by atoms with Crippen molar-refractivity contribution < 1.29 is 9.53 Å². The molecule has 0 heterocycles. The quantitative estimate of drug-likeness (QED) is 0.848. The van der Waals surface area contributed by atoms with Crippen molar-refractivity contribution in [1.29, 1.82) is 0 Å². The summed E-state index contributed by atoms with van der Waals surface area (Å²) in [5.74, 6) is 0.0350. The van der Waals surface area contributed by atoms with Crippen LogP contribution in [-0.2, 0) is 4.79 Å². The zero-order valence-corrected chi connectivity index (χ0v) is 12.0. The second-order valence-corrected chi connectivity index (χ2v) is 5.01. The summed E-state index contributed by atoms with van der Waals surface area (Å²) in [6.07, 6.45) is 0. The lowest BCUT2D eigenvalue weighted by atomic mass is 10.1. The van der Waals surface area contributed by atoms with Gasteiger partial charge in [0.2, 0.25) is 0 Å². The maximum atomic E-state index is 11.2. The van der Waals surface area contributed by atoms with E-state index in [0.29, 0.717) is 11.4 Å². The second kappa shape index (κ2) is 6.17. The molecule has 0 aliphatic heterocycles. The molecule has 2 N–H and O–H groups in total.